The average molecular weight is 378 g/mol. The van der Waals surface area contributed by atoms with E-state index >= 15 is 0 Å². The van der Waals surface area contributed by atoms with E-state index in [2.05, 4.69) is 5.32 Å². The monoisotopic (exact) mass is 378 g/mol. The van der Waals surface area contributed by atoms with Gasteiger partial charge in [-0.05, 0) is 55.3 Å². The van der Waals surface area contributed by atoms with Gasteiger partial charge in [-0.2, -0.15) is 0 Å². The van der Waals surface area contributed by atoms with Crippen LogP contribution < -0.4 is 5.32 Å². The summed E-state index contributed by atoms with van der Waals surface area (Å²) in [6.45, 7) is 2.13. The molecule has 3 atom stereocenters. The molecule has 3 rings (SSSR count). The van der Waals surface area contributed by atoms with E-state index in [1.54, 1.807) is 12.1 Å². The van der Waals surface area contributed by atoms with Crippen LogP contribution in [0, 0.1) is 10.1 Å². The third kappa shape index (κ3) is 4.04. The van der Waals surface area contributed by atoms with Crippen LogP contribution in [0.3, 0.4) is 0 Å². The van der Waals surface area contributed by atoms with Gasteiger partial charge in [-0.25, -0.2) is 0 Å². The van der Waals surface area contributed by atoms with E-state index in [0.29, 0.717) is 24.3 Å². The summed E-state index contributed by atoms with van der Waals surface area (Å²) < 4.78 is 24.5. The number of hydrogen-bond acceptors (Lipinski definition) is 7. The average Bonchev–Trinajstić information content (AvgIpc) is 2.61. The molecule has 26 heavy (non-hydrogen) atoms. The molecule has 0 spiro atoms. The second kappa shape index (κ2) is 7.45. The first-order chi connectivity index (χ1) is 12.4. The minimum absolute atomic E-state index is 0.0609. The van der Waals surface area contributed by atoms with Crippen LogP contribution in [0.1, 0.15) is 24.7 Å². The number of hydrogen-bond donors (Lipinski definition) is 2. The van der Waals surface area contributed by atoms with E-state index in [-0.39, 0.29) is 17.5 Å². The Hall–Kier alpha value is -2.41. The van der Waals surface area contributed by atoms with Crippen LogP contribution in [0.25, 0.3) is 0 Å². The third-order valence-corrected chi connectivity index (χ3v) is 6.28. The lowest BCUT2D eigenvalue weighted by molar-refractivity contribution is -0.384. The van der Waals surface area contributed by atoms with Crippen molar-refractivity contribution in [1.82, 2.24) is 0 Å². The maximum Gasteiger partial charge on any atom is 0.357 e. The molecule has 9 heteroatoms. The Balaban J connectivity index is 1.96. The molecule has 1 saturated heterocycles. The number of rotatable bonds is 5. The molecule has 138 valence electrons. The fourth-order valence-electron chi connectivity index (χ4n) is 2.65. The Labute approximate surface area is 150 Å². The van der Waals surface area contributed by atoms with Crippen molar-refractivity contribution in [2.24, 2.45) is 0 Å². The smallest absolute Gasteiger partial charge is 0.357 e. The van der Waals surface area contributed by atoms with Crippen molar-refractivity contribution in [1.29, 1.82) is 0 Å². The summed E-state index contributed by atoms with van der Waals surface area (Å²) in [6, 6.07) is 12.0. The maximum atomic E-state index is 13.3. The number of non-ortho nitro benzene ring substituents is 1. The van der Waals surface area contributed by atoms with Gasteiger partial charge in [0.25, 0.3) is 5.69 Å². The number of nitro benzene ring substituents is 1. The molecular weight excluding hydrogens is 359 g/mol. The number of phenols is 1. The van der Waals surface area contributed by atoms with Gasteiger partial charge in [0.15, 0.2) is 5.78 Å². The maximum absolute atomic E-state index is 13.3. The van der Waals surface area contributed by atoms with Crippen molar-refractivity contribution in [2.45, 2.75) is 25.2 Å². The number of nitrogens with one attached hydrogen (secondary N) is 1. The van der Waals surface area contributed by atoms with Crippen LogP contribution in [-0.2, 0) is 13.6 Å². The zero-order valence-electron chi connectivity index (χ0n) is 14.1. The molecule has 0 aliphatic carbocycles. The van der Waals surface area contributed by atoms with E-state index in [1.165, 1.54) is 36.4 Å². The zero-order chi connectivity index (χ0) is 18.7. The summed E-state index contributed by atoms with van der Waals surface area (Å²) in [5.74, 6) is -0.733. The van der Waals surface area contributed by atoms with Crippen LogP contribution in [0.2, 0.25) is 0 Å². The van der Waals surface area contributed by atoms with Crippen molar-refractivity contribution in [3.8, 4) is 5.75 Å². The largest absolute Gasteiger partial charge is 0.508 e. The molecule has 1 aliphatic heterocycles. The van der Waals surface area contributed by atoms with Gasteiger partial charge in [0.1, 0.15) is 5.75 Å². The van der Waals surface area contributed by atoms with Gasteiger partial charge in [-0.15, -0.1) is 0 Å². The molecule has 1 aliphatic rings. The first kappa shape index (κ1) is 18.4. The van der Waals surface area contributed by atoms with Gasteiger partial charge >= 0.3 is 7.60 Å². The fourth-order valence-corrected chi connectivity index (χ4v) is 4.80. The molecule has 0 bridgehead atoms. The lowest BCUT2D eigenvalue weighted by atomic mass is 10.2. The van der Waals surface area contributed by atoms with Gasteiger partial charge in [-0.3, -0.25) is 14.7 Å². The molecule has 1 heterocycles. The quantitative estimate of drug-likeness (QED) is 0.343. The molecule has 1 fully saturated rings. The van der Waals surface area contributed by atoms with E-state index in [9.17, 15) is 19.8 Å². The van der Waals surface area contributed by atoms with E-state index in [4.69, 9.17) is 9.05 Å². The third-order valence-electron chi connectivity index (χ3n) is 4.03. The van der Waals surface area contributed by atoms with Gasteiger partial charge in [0.2, 0.25) is 0 Å². The van der Waals surface area contributed by atoms with Crippen LogP contribution in [0.5, 0.6) is 5.75 Å². The van der Waals surface area contributed by atoms with Crippen molar-refractivity contribution in [3.63, 3.8) is 0 Å². The molecule has 2 aromatic carbocycles. The minimum Gasteiger partial charge on any atom is -0.508 e. The summed E-state index contributed by atoms with van der Waals surface area (Å²) in [4.78, 5) is 10.4. The Morgan fingerprint density at radius 2 is 1.88 bits per heavy atom. The van der Waals surface area contributed by atoms with Gasteiger partial charge in [0.05, 0.1) is 17.6 Å². The predicted octanol–water partition coefficient (Wildman–Crippen LogP) is 4.43. The zero-order valence-corrected chi connectivity index (χ0v) is 15.0. The van der Waals surface area contributed by atoms with Gasteiger partial charge < -0.3 is 19.5 Å². The van der Waals surface area contributed by atoms with E-state index in [1.807, 2.05) is 6.92 Å². The van der Waals surface area contributed by atoms with Gasteiger partial charge in [-0.1, -0.05) is 0 Å². The molecule has 0 aromatic heterocycles. The highest BCUT2D eigenvalue weighted by molar-refractivity contribution is 7.54. The summed E-state index contributed by atoms with van der Waals surface area (Å²) in [6.07, 6.45) is 0.410. The van der Waals surface area contributed by atoms with Crippen molar-refractivity contribution >= 4 is 19.0 Å². The number of aromatic hydroxyl groups is 1. The SMILES string of the molecule is C[C@@H]1CCO[P@@](=O)([C@H](Nc2ccc(O)cc2)c2ccc([N+](=O)[O-])cc2)O1. The lowest BCUT2D eigenvalue weighted by Gasteiger charge is -2.34. The van der Waals surface area contributed by atoms with Crippen LogP contribution >= 0.6 is 7.60 Å². The number of nitrogens with zero attached hydrogens (tertiary/aromatic N) is 1. The number of benzene rings is 2. The molecule has 8 nitrogen and oxygen atoms in total. The van der Waals surface area contributed by atoms with Crippen molar-refractivity contribution in [3.05, 3.63) is 64.2 Å². The normalized spacial score (nSPS) is 24.0. The highest BCUT2D eigenvalue weighted by atomic mass is 31.2. The highest BCUT2D eigenvalue weighted by Gasteiger charge is 2.41. The van der Waals surface area contributed by atoms with Gasteiger partial charge in [0, 0.05) is 17.8 Å². The Morgan fingerprint density at radius 1 is 1.23 bits per heavy atom. The summed E-state index contributed by atoms with van der Waals surface area (Å²) >= 11 is 0. The molecule has 0 unspecified atom stereocenters. The molecule has 0 amide bonds. The standard InChI is InChI=1S/C17H19N2O6P/c1-12-10-11-24-26(23,25-12)17(18-14-4-8-16(20)9-5-14)13-2-6-15(7-3-13)19(21)22/h2-9,12,17-18,20H,10-11H2,1H3/t12-,17+,26+/m1/s1. The fraction of sp³-hybridized carbons (Fsp3) is 0.294. The molecule has 2 aromatic rings. The minimum atomic E-state index is -3.56. The van der Waals surface area contributed by atoms with Crippen LogP contribution in [0.4, 0.5) is 11.4 Å². The summed E-state index contributed by atoms with van der Waals surface area (Å²) in [5, 5.41) is 23.4. The molecule has 2 N–H and O–H groups in total. The lowest BCUT2D eigenvalue weighted by Crippen LogP contribution is -2.23. The Bertz CT molecular complexity index is 824. The van der Waals surface area contributed by atoms with Crippen molar-refractivity contribution in [2.75, 3.05) is 11.9 Å². The van der Waals surface area contributed by atoms with E-state index in [0.717, 1.165) is 0 Å². The van der Waals surface area contributed by atoms with Crippen molar-refractivity contribution < 1.29 is 23.6 Å². The summed E-state index contributed by atoms with van der Waals surface area (Å²) in [5.41, 5.74) is 1.09. The Morgan fingerprint density at radius 3 is 2.46 bits per heavy atom. The molecule has 0 saturated carbocycles. The second-order valence-electron chi connectivity index (χ2n) is 6.02. The van der Waals surface area contributed by atoms with E-state index < -0.39 is 18.3 Å². The van der Waals surface area contributed by atoms with Crippen LogP contribution in [-0.4, -0.2) is 22.7 Å². The Kier molecular flexibility index (Phi) is 5.27. The number of phenolic OH excluding ortho intramolecular Hbond substituents is 1. The van der Waals surface area contributed by atoms with Crippen LogP contribution in [0.15, 0.2) is 48.5 Å². The topological polar surface area (TPSA) is 111 Å². The second-order valence-corrected chi connectivity index (χ2v) is 8.09. The molecule has 0 radical (unpaired) electrons. The molecular formula is C17H19N2O6P. The highest BCUT2D eigenvalue weighted by Crippen LogP contribution is 2.63. The first-order valence-electron chi connectivity index (χ1n) is 8.10. The predicted molar refractivity (Wildman–Crippen MR) is 96.3 cm³/mol. The number of nitro groups is 1. The first-order valence-corrected chi connectivity index (χ1v) is 9.71. The summed E-state index contributed by atoms with van der Waals surface area (Å²) in [7, 11) is -3.56. The number of anilines is 1.